The Balaban J connectivity index is 2.31. The highest BCUT2D eigenvalue weighted by Crippen LogP contribution is 2.28. The lowest BCUT2D eigenvalue weighted by Crippen LogP contribution is -2.05. The maximum absolute atomic E-state index is 5.64. The highest BCUT2D eigenvalue weighted by atomic mass is 32.1. The molecule has 0 unspecified atom stereocenters. The van der Waals surface area contributed by atoms with Crippen LogP contribution in [0.2, 0.25) is 0 Å². The molecule has 0 saturated heterocycles. The number of ether oxygens (including phenoxy) is 1. The van der Waals surface area contributed by atoms with Gasteiger partial charge in [0.1, 0.15) is 5.75 Å². The summed E-state index contributed by atoms with van der Waals surface area (Å²) in [5.41, 5.74) is 2.30. The Bertz CT molecular complexity index is 566. The van der Waals surface area contributed by atoms with Crippen LogP contribution in [0.3, 0.4) is 0 Å². The largest absolute Gasteiger partial charge is 0.491 e. The number of hydrogen-bond acceptors (Lipinski definition) is 3. The molecule has 0 fully saturated rings. The molecule has 1 aromatic carbocycles. The third kappa shape index (κ3) is 3.00. The van der Waals surface area contributed by atoms with Gasteiger partial charge in [0.05, 0.1) is 11.8 Å². The van der Waals surface area contributed by atoms with Gasteiger partial charge in [-0.05, 0) is 62.3 Å². The van der Waals surface area contributed by atoms with Gasteiger partial charge in [0.2, 0.25) is 0 Å². The van der Waals surface area contributed by atoms with E-state index in [1.54, 1.807) is 11.3 Å². The predicted molar refractivity (Wildman–Crippen MR) is 80.1 cm³/mol. The van der Waals surface area contributed by atoms with Crippen molar-refractivity contribution in [3.05, 3.63) is 33.1 Å². The van der Waals surface area contributed by atoms with Gasteiger partial charge in [0.25, 0.3) is 0 Å². The number of aryl methyl sites for hydroxylation is 1. The molecular formula is C14H17NOS2. The van der Waals surface area contributed by atoms with E-state index in [1.165, 1.54) is 4.88 Å². The molecule has 2 rings (SSSR count). The standard InChI is InChI=1S/C14H17NOS2/c1-4-12-13(15-14(17)18-12)10-5-7-11(8-6-10)16-9(2)3/h5-9H,4H2,1-3H3,(H,15,17). The molecular weight excluding hydrogens is 262 g/mol. The van der Waals surface area contributed by atoms with E-state index in [0.717, 1.165) is 27.4 Å². The Morgan fingerprint density at radius 2 is 1.94 bits per heavy atom. The van der Waals surface area contributed by atoms with Crippen molar-refractivity contribution in [2.24, 2.45) is 0 Å². The zero-order chi connectivity index (χ0) is 13.1. The summed E-state index contributed by atoms with van der Waals surface area (Å²) >= 11 is 6.86. The molecule has 0 aliphatic carbocycles. The minimum atomic E-state index is 0.203. The van der Waals surface area contributed by atoms with Crippen molar-refractivity contribution in [2.45, 2.75) is 33.3 Å². The van der Waals surface area contributed by atoms with Gasteiger partial charge in [-0.3, -0.25) is 0 Å². The average molecular weight is 279 g/mol. The number of rotatable bonds is 4. The summed E-state index contributed by atoms with van der Waals surface area (Å²) in [7, 11) is 0. The van der Waals surface area contributed by atoms with Crippen LogP contribution < -0.4 is 4.74 Å². The normalized spacial score (nSPS) is 10.9. The van der Waals surface area contributed by atoms with Gasteiger partial charge in [0.15, 0.2) is 3.95 Å². The van der Waals surface area contributed by atoms with Crippen molar-refractivity contribution >= 4 is 23.6 Å². The number of benzene rings is 1. The topological polar surface area (TPSA) is 25.0 Å². The van der Waals surface area contributed by atoms with Crippen molar-refractivity contribution < 1.29 is 4.74 Å². The van der Waals surface area contributed by atoms with Gasteiger partial charge in [-0.2, -0.15) is 0 Å². The summed E-state index contributed by atoms with van der Waals surface area (Å²) in [6, 6.07) is 8.15. The van der Waals surface area contributed by atoms with Crippen LogP contribution in [0.1, 0.15) is 25.6 Å². The van der Waals surface area contributed by atoms with Crippen LogP contribution in [0.15, 0.2) is 24.3 Å². The molecule has 0 radical (unpaired) electrons. The molecule has 96 valence electrons. The first-order chi connectivity index (χ1) is 8.60. The van der Waals surface area contributed by atoms with Crippen molar-refractivity contribution in [1.82, 2.24) is 4.98 Å². The molecule has 0 spiro atoms. The highest BCUT2D eigenvalue weighted by Gasteiger charge is 2.07. The van der Waals surface area contributed by atoms with E-state index in [-0.39, 0.29) is 6.10 Å². The SMILES string of the molecule is CCc1sc(=S)[nH]c1-c1ccc(OC(C)C)cc1. The second kappa shape index (κ2) is 5.67. The van der Waals surface area contributed by atoms with Crippen LogP contribution in [0, 0.1) is 3.95 Å². The van der Waals surface area contributed by atoms with Crippen molar-refractivity contribution in [3.8, 4) is 17.0 Å². The first-order valence-electron chi connectivity index (χ1n) is 6.09. The minimum Gasteiger partial charge on any atom is -0.491 e. The summed E-state index contributed by atoms with van der Waals surface area (Å²) in [5.74, 6) is 0.903. The summed E-state index contributed by atoms with van der Waals surface area (Å²) < 4.78 is 6.48. The van der Waals surface area contributed by atoms with Crippen LogP contribution in [0.5, 0.6) is 5.75 Å². The molecule has 2 aromatic rings. The van der Waals surface area contributed by atoms with Crippen LogP contribution in [-0.4, -0.2) is 11.1 Å². The molecule has 4 heteroatoms. The second-order valence-corrected chi connectivity index (χ2v) is 6.13. The van der Waals surface area contributed by atoms with Crippen molar-refractivity contribution in [1.29, 1.82) is 0 Å². The van der Waals surface area contributed by atoms with E-state index in [1.807, 2.05) is 26.0 Å². The average Bonchev–Trinajstić information content (AvgIpc) is 2.71. The molecule has 18 heavy (non-hydrogen) atoms. The lowest BCUT2D eigenvalue weighted by Gasteiger charge is -2.10. The van der Waals surface area contributed by atoms with Gasteiger partial charge in [-0.25, -0.2) is 0 Å². The molecule has 2 nitrogen and oxygen atoms in total. The van der Waals surface area contributed by atoms with Crippen LogP contribution in [0.25, 0.3) is 11.3 Å². The molecule has 1 aromatic heterocycles. The number of aromatic amines is 1. The Kier molecular flexibility index (Phi) is 4.19. The van der Waals surface area contributed by atoms with E-state index in [9.17, 15) is 0 Å². The second-order valence-electron chi connectivity index (χ2n) is 4.36. The third-order valence-electron chi connectivity index (χ3n) is 2.56. The van der Waals surface area contributed by atoms with E-state index in [4.69, 9.17) is 17.0 Å². The highest BCUT2D eigenvalue weighted by molar-refractivity contribution is 7.73. The van der Waals surface area contributed by atoms with Crippen molar-refractivity contribution in [2.75, 3.05) is 0 Å². The number of aromatic nitrogens is 1. The molecule has 1 N–H and O–H groups in total. The fourth-order valence-electron chi connectivity index (χ4n) is 1.81. The first kappa shape index (κ1) is 13.3. The number of H-pyrrole nitrogens is 1. The smallest absolute Gasteiger partial charge is 0.159 e. The molecule has 0 amide bonds. The fraction of sp³-hybridized carbons (Fsp3) is 0.357. The summed E-state index contributed by atoms with van der Waals surface area (Å²) in [6.07, 6.45) is 1.20. The minimum absolute atomic E-state index is 0.203. The Hall–Kier alpha value is -1.13. The van der Waals surface area contributed by atoms with E-state index in [0.29, 0.717) is 0 Å². The Morgan fingerprint density at radius 1 is 1.28 bits per heavy atom. The number of thiazole rings is 1. The van der Waals surface area contributed by atoms with E-state index in [2.05, 4.69) is 24.0 Å². The molecule has 0 atom stereocenters. The molecule has 1 heterocycles. The summed E-state index contributed by atoms with van der Waals surface area (Å²) in [5, 5.41) is 0. The van der Waals surface area contributed by atoms with E-state index < -0.39 is 0 Å². The lowest BCUT2D eigenvalue weighted by atomic mass is 10.1. The first-order valence-corrected chi connectivity index (χ1v) is 7.31. The quantitative estimate of drug-likeness (QED) is 0.811. The lowest BCUT2D eigenvalue weighted by molar-refractivity contribution is 0.242. The van der Waals surface area contributed by atoms with Gasteiger partial charge < -0.3 is 9.72 Å². The molecule has 0 aliphatic rings. The maximum atomic E-state index is 5.64. The fourth-order valence-corrected chi connectivity index (χ4v) is 3.01. The number of hydrogen-bond donors (Lipinski definition) is 1. The zero-order valence-electron chi connectivity index (χ0n) is 10.8. The molecule has 0 bridgehead atoms. The molecule has 0 aliphatic heterocycles. The maximum Gasteiger partial charge on any atom is 0.159 e. The van der Waals surface area contributed by atoms with Crippen molar-refractivity contribution in [3.63, 3.8) is 0 Å². The van der Waals surface area contributed by atoms with Crippen LogP contribution in [-0.2, 0) is 6.42 Å². The molecule has 0 saturated carbocycles. The van der Waals surface area contributed by atoms with Gasteiger partial charge >= 0.3 is 0 Å². The van der Waals surface area contributed by atoms with E-state index >= 15 is 0 Å². The van der Waals surface area contributed by atoms with Gasteiger partial charge in [0, 0.05) is 4.88 Å². The summed E-state index contributed by atoms with van der Waals surface area (Å²) in [6.45, 7) is 6.20. The van der Waals surface area contributed by atoms with Gasteiger partial charge in [-0.15, -0.1) is 11.3 Å². The summed E-state index contributed by atoms with van der Waals surface area (Å²) in [4.78, 5) is 4.57. The predicted octanol–water partition coefficient (Wildman–Crippen LogP) is 4.82. The van der Waals surface area contributed by atoms with Gasteiger partial charge in [-0.1, -0.05) is 6.92 Å². The van der Waals surface area contributed by atoms with Crippen LogP contribution in [0.4, 0.5) is 0 Å². The van der Waals surface area contributed by atoms with Crippen LogP contribution >= 0.6 is 23.6 Å². The zero-order valence-corrected chi connectivity index (χ0v) is 12.5. The number of nitrogens with one attached hydrogen (secondary N) is 1. The monoisotopic (exact) mass is 279 g/mol. The Morgan fingerprint density at radius 3 is 2.50 bits per heavy atom. The Labute approximate surface area is 117 Å². The third-order valence-corrected chi connectivity index (χ3v) is 3.94.